The molecular formula is C16H26N2O3. The zero-order chi connectivity index (χ0) is 15.7. The molecular weight excluding hydrogens is 268 g/mol. The Balaban J connectivity index is 2.14. The summed E-state index contributed by atoms with van der Waals surface area (Å²) < 4.78 is 10.4. The number of carbonyl (C=O) groups excluding carboxylic acids is 1. The van der Waals surface area contributed by atoms with Gasteiger partial charge >= 0.3 is 6.09 Å². The van der Waals surface area contributed by atoms with E-state index in [1.807, 2.05) is 45.0 Å². The van der Waals surface area contributed by atoms with Crippen LogP contribution in [0, 0.1) is 0 Å². The summed E-state index contributed by atoms with van der Waals surface area (Å²) in [5.74, 6) is 0.886. The van der Waals surface area contributed by atoms with E-state index in [1.54, 1.807) is 7.11 Å². The first kappa shape index (κ1) is 17.3. The van der Waals surface area contributed by atoms with E-state index in [0.29, 0.717) is 6.54 Å². The third-order valence-corrected chi connectivity index (χ3v) is 2.71. The van der Waals surface area contributed by atoms with E-state index in [-0.39, 0.29) is 6.09 Å². The maximum atomic E-state index is 11.4. The van der Waals surface area contributed by atoms with Crippen LogP contribution in [0.15, 0.2) is 24.3 Å². The summed E-state index contributed by atoms with van der Waals surface area (Å²) in [5.41, 5.74) is 0.673. The van der Waals surface area contributed by atoms with E-state index in [2.05, 4.69) is 10.6 Å². The second-order valence-electron chi connectivity index (χ2n) is 5.77. The molecule has 0 unspecified atom stereocenters. The van der Waals surface area contributed by atoms with Gasteiger partial charge in [-0.3, -0.25) is 0 Å². The summed E-state index contributed by atoms with van der Waals surface area (Å²) in [7, 11) is 1.67. The minimum Gasteiger partial charge on any atom is -0.496 e. The average molecular weight is 294 g/mol. The molecule has 0 aliphatic carbocycles. The Morgan fingerprint density at radius 2 is 1.90 bits per heavy atom. The largest absolute Gasteiger partial charge is 0.496 e. The van der Waals surface area contributed by atoms with E-state index in [0.717, 1.165) is 30.8 Å². The zero-order valence-corrected chi connectivity index (χ0v) is 13.4. The van der Waals surface area contributed by atoms with Gasteiger partial charge in [-0.25, -0.2) is 4.79 Å². The molecule has 0 radical (unpaired) electrons. The van der Waals surface area contributed by atoms with Crippen molar-refractivity contribution in [1.29, 1.82) is 0 Å². The van der Waals surface area contributed by atoms with Crippen LogP contribution < -0.4 is 15.4 Å². The quantitative estimate of drug-likeness (QED) is 0.759. The molecule has 0 aliphatic heterocycles. The number of benzene rings is 1. The smallest absolute Gasteiger partial charge is 0.407 e. The van der Waals surface area contributed by atoms with Gasteiger partial charge in [-0.05, 0) is 39.8 Å². The molecule has 0 aromatic heterocycles. The number of ether oxygens (including phenoxy) is 2. The van der Waals surface area contributed by atoms with Gasteiger partial charge in [0.15, 0.2) is 0 Å². The Hall–Kier alpha value is -1.75. The maximum absolute atomic E-state index is 11.4. The van der Waals surface area contributed by atoms with Gasteiger partial charge in [-0.1, -0.05) is 18.2 Å². The molecule has 1 aromatic rings. The molecule has 1 rings (SSSR count). The number of amides is 1. The first-order chi connectivity index (χ1) is 9.92. The number of hydrogen-bond donors (Lipinski definition) is 2. The SMILES string of the molecule is COc1ccccc1CNCCCNC(=O)OC(C)(C)C. The van der Waals surface area contributed by atoms with Crippen molar-refractivity contribution in [2.75, 3.05) is 20.2 Å². The Morgan fingerprint density at radius 1 is 1.19 bits per heavy atom. The Labute approximate surface area is 127 Å². The highest BCUT2D eigenvalue weighted by atomic mass is 16.6. The summed E-state index contributed by atoms with van der Waals surface area (Å²) in [6, 6.07) is 7.92. The Bertz CT molecular complexity index is 441. The summed E-state index contributed by atoms with van der Waals surface area (Å²) in [6.07, 6.45) is 0.473. The fourth-order valence-electron chi connectivity index (χ4n) is 1.79. The van der Waals surface area contributed by atoms with Crippen molar-refractivity contribution < 1.29 is 14.3 Å². The molecule has 0 saturated carbocycles. The van der Waals surface area contributed by atoms with Crippen molar-refractivity contribution in [2.45, 2.75) is 39.3 Å². The fourth-order valence-corrected chi connectivity index (χ4v) is 1.79. The molecule has 0 fully saturated rings. The standard InChI is InChI=1S/C16H26N2O3/c1-16(2,3)21-15(19)18-11-7-10-17-12-13-8-5-6-9-14(13)20-4/h5-6,8-9,17H,7,10-12H2,1-4H3,(H,18,19). The molecule has 1 aromatic carbocycles. The summed E-state index contributed by atoms with van der Waals surface area (Å²) in [5, 5.41) is 6.06. The second-order valence-corrected chi connectivity index (χ2v) is 5.77. The topological polar surface area (TPSA) is 59.6 Å². The minimum absolute atomic E-state index is 0.368. The van der Waals surface area contributed by atoms with Gasteiger partial charge in [0, 0.05) is 18.7 Å². The predicted octanol–water partition coefficient (Wildman–Crippen LogP) is 2.70. The maximum Gasteiger partial charge on any atom is 0.407 e. The van der Waals surface area contributed by atoms with E-state index >= 15 is 0 Å². The molecule has 0 spiro atoms. The number of rotatable bonds is 7. The van der Waals surface area contributed by atoms with Crippen LogP contribution in [0.2, 0.25) is 0 Å². The van der Waals surface area contributed by atoms with Crippen LogP contribution in [0.1, 0.15) is 32.8 Å². The van der Waals surface area contributed by atoms with E-state index < -0.39 is 5.60 Å². The third-order valence-electron chi connectivity index (χ3n) is 2.71. The van der Waals surface area contributed by atoms with Crippen LogP contribution in [-0.4, -0.2) is 31.9 Å². The number of methoxy groups -OCH3 is 1. The molecule has 0 atom stereocenters. The van der Waals surface area contributed by atoms with Crippen molar-refractivity contribution in [2.24, 2.45) is 0 Å². The van der Waals surface area contributed by atoms with E-state index in [9.17, 15) is 4.79 Å². The zero-order valence-electron chi connectivity index (χ0n) is 13.4. The molecule has 0 bridgehead atoms. The highest BCUT2D eigenvalue weighted by Gasteiger charge is 2.15. The van der Waals surface area contributed by atoms with E-state index in [1.165, 1.54) is 0 Å². The fraction of sp³-hybridized carbons (Fsp3) is 0.562. The molecule has 5 heteroatoms. The normalized spacial score (nSPS) is 11.0. The van der Waals surface area contributed by atoms with Gasteiger partial charge in [0.1, 0.15) is 11.4 Å². The monoisotopic (exact) mass is 294 g/mol. The highest BCUT2D eigenvalue weighted by Crippen LogP contribution is 2.16. The third kappa shape index (κ3) is 7.56. The van der Waals surface area contributed by atoms with Crippen molar-refractivity contribution >= 4 is 6.09 Å². The second kappa shape index (κ2) is 8.52. The van der Waals surface area contributed by atoms with Crippen LogP contribution >= 0.6 is 0 Å². The van der Waals surface area contributed by atoms with Gasteiger partial charge in [-0.2, -0.15) is 0 Å². The van der Waals surface area contributed by atoms with Crippen LogP contribution in [0.25, 0.3) is 0 Å². The summed E-state index contributed by atoms with van der Waals surface area (Å²) >= 11 is 0. The Morgan fingerprint density at radius 3 is 2.57 bits per heavy atom. The molecule has 0 heterocycles. The highest BCUT2D eigenvalue weighted by molar-refractivity contribution is 5.67. The summed E-state index contributed by atoms with van der Waals surface area (Å²) in [6.45, 7) is 7.70. The lowest BCUT2D eigenvalue weighted by atomic mass is 10.2. The van der Waals surface area contributed by atoms with Crippen molar-refractivity contribution in [3.05, 3.63) is 29.8 Å². The lowest BCUT2D eigenvalue weighted by Crippen LogP contribution is -2.33. The van der Waals surface area contributed by atoms with Crippen molar-refractivity contribution in [3.63, 3.8) is 0 Å². The number of nitrogens with one attached hydrogen (secondary N) is 2. The number of hydrogen-bond acceptors (Lipinski definition) is 4. The number of para-hydroxylation sites is 1. The van der Waals surface area contributed by atoms with Gasteiger partial charge in [0.25, 0.3) is 0 Å². The molecule has 0 saturated heterocycles. The number of alkyl carbamates (subject to hydrolysis) is 1. The summed E-state index contributed by atoms with van der Waals surface area (Å²) in [4.78, 5) is 11.4. The van der Waals surface area contributed by atoms with Crippen molar-refractivity contribution in [1.82, 2.24) is 10.6 Å². The first-order valence-electron chi connectivity index (χ1n) is 7.22. The van der Waals surface area contributed by atoms with Gasteiger partial charge in [-0.15, -0.1) is 0 Å². The molecule has 21 heavy (non-hydrogen) atoms. The molecule has 5 nitrogen and oxygen atoms in total. The number of carbonyl (C=O) groups is 1. The van der Waals surface area contributed by atoms with Crippen LogP contribution in [-0.2, 0) is 11.3 Å². The minimum atomic E-state index is -0.452. The van der Waals surface area contributed by atoms with Crippen LogP contribution in [0.4, 0.5) is 4.79 Å². The van der Waals surface area contributed by atoms with Gasteiger partial charge in [0.2, 0.25) is 0 Å². The molecule has 0 aliphatic rings. The van der Waals surface area contributed by atoms with Gasteiger partial charge < -0.3 is 20.1 Å². The van der Waals surface area contributed by atoms with E-state index in [4.69, 9.17) is 9.47 Å². The van der Waals surface area contributed by atoms with Crippen LogP contribution in [0.3, 0.4) is 0 Å². The molecule has 118 valence electrons. The van der Waals surface area contributed by atoms with Crippen molar-refractivity contribution in [3.8, 4) is 5.75 Å². The molecule has 1 amide bonds. The first-order valence-corrected chi connectivity index (χ1v) is 7.22. The van der Waals surface area contributed by atoms with Gasteiger partial charge in [0.05, 0.1) is 7.11 Å². The molecule has 2 N–H and O–H groups in total. The predicted molar refractivity (Wildman–Crippen MR) is 83.6 cm³/mol. The Kier molecular flexibility index (Phi) is 7.02. The lowest BCUT2D eigenvalue weighted by Gasteiger charge is -2.19. The average Bonchev–Trinajstić information content (AvgIpc) is 2.41. The van der Waals surface area contributed by atoms with Crippen LogP contribution in [0.5, 0.6) is 5.75 Å². The lowest BCUT2D eigenvalue weighted by molar-refractivity contribution is 0.0527.